The van der Waals surface area contributed by atoms with Crippen LogP contribution in [-0.2, 0) is 4.79 Å². The number of nitrogens with zero attached hydrogens (tertiary/aromatic N) is 2. The van der Waals surface area contributed by atoms with Gasteiger partial charge in [-0.05, 0) is 61.7 Å². The van der Waals surface area contributed by atoms with Crippen LogP contribution in [0.2, 0.25) is 0 Å². The summed E-state index contributed by atoms with van der Waals surface area (Å²) in [7, 11) is 0. The molecule has 9 heteroatoms. The van der Waals surface area contributed by atoms with Crippen molar-refractivity contribution < 1.29 is 14.3 Å². The fraction of sp³-hybridized carbons (Fsp3) is 0.174. The summed E-state index contributed by atoms with van der Waals surface area (Å²) < 4.78 is 7.58. The number of nitrogens with two attached hydrogens (primary N) is 1. The number of anilines is 1. The Morgan fingerprint density at radius 1 is 1.19 bits per heavy atom. The molecule has 1 unspecified atom stereocenters. The van der Waals surface area contributed by atoms with E-state index >= 15 is 0 Å². The molecule has 164 valence electrons. The number of hydrogen-bond acceptors (Lipinski definition) is 6. The lowest BCUT2D eigenvalue weighted by molar-refractivity contribution is -0.115. The van der Waals surface area contributed by atoms with Gasteiger partial charge in [0.1, 0.15) is 10.8 Å². The quantitative estimate of drug-likeness (QED) is 0.367. The molecule has 0 bridgehead atoms. The number of amides is 2. The Morgan fingerprint density at radius 2 is 1.94 bits per heavy atom. The number of hydrogen-bond donors (Lipinski definition) is 2. The Bertz CT molecular complexity index is 1260. The monoisotopic (exact) mass is 466 g/mol. The van der Waals surface area contributed by atoms with Crippen molar-refractivity contribution >= 4 is 50.9 Å². The Balaban J connectivity index is 1.62. The lowest BCUT2D eigenvalue weighted by Crippen LogP contribution is -2.24. The third kappa shape index (κ3) is 4.49. The van der Waals surface area contributed by atoms with Crippen LogP contribution < -0.4 is 15.8 Å². The van der Waals surface area contributed by atoms with Crippen LogP contribution in [0, 0.1) is 0 Å². The summed E-state index contributed by atoms with van der Waals surface area (Å²) in [5.41, 5.74) is 8.39. The van der Waals surface area contributed by atoms with E-state index in [1.807, 2.05) is 60.0 Å². The standard InChI is InChI=1S/C23H22N4O3S2/c1-3-30-16-10-8-15(9-11-16)27-19-7-5-4-6-18(19)25-23(27)32-14(2)21(29)26-22-17(20(24)28)12-13-31-22/h4-14H,3H2,1-2H3,(H2,24,28)(H,26,29). The number of fused-ring (bicyclic) bond motifs is 1. The van der Waals surface area contributed by atoms with Crippen LogP contribution in [0.5, 0.6) is 5.75 Å². The molecule has 2 amide bonds. The molecule has 0 saturated carbocycles. The average molecular weight is 467 g/mol. The molecule has 0 radical (unpaired) electrons. The average Bonchev–Trinajstić information content (AvgIpc) is 3.39. The van der Waals surface area contributed by atoms with Crippen LogP contribution in [0.4, 0.5) is 5.00 Å². The highest BCUT2D eigenvalue weighted by molar-refractivity contribution is 8.00. The number of thiophene rings is 1. The first-order valence-corrected chi connectivity index (χ1v) is 11.8. The van der Waals surface area contributed by atoms with Crippen LogP contribution in [0.25, 0.3) is 16.7 Å². The van der Waals surface area contributed by atoms with Crippen LogP contribution in [0.15, 0.2) is 65.1 Å². The van der Waals surface area contributed by atoms with Gasteiger partial charge in [0.25, 0.3) is 5.91 Å². The van der Waals surface area contributed by atoms with Gasteiger partial charge >= 0.3 is 0 Å². The van der Waals surface area contributed by atoms with Gasteiger partial charge in [0.05, 0.1) is 28.5 Å². The predicted octanol–water partition coefficient (Wildman–Crippen LogP) is 4.70. The number of thioether (sulfide) groups is 1. The molecule has 0 fully saturated rings. The van der Waals surface area contributed by atoms with Crippen molar-refractivity contribution in [2.24, 2.45) is 5.73 Å². The van der Waals surface area contributed by atoms with Crippen molar-refractivity contribution in [1.29, 1.82) is 0 Å². The number of nitrogens with one attached hydrogen (secondary N) is 1. The molecule has 3 N–H and O–H groups in total. The molecule has 0 aliphatic carbocycles. The Kier molecular flexibility index (Phi) is 6.48. The molecule has 4 aromatic rings. The second kappa shape index (κ2) is 9.46. The molecule has 0 saturated heterocycles. The van der Waals surface area contributed by atoms with Crippen LogP contribution in [0.1, 0.15) is 24.2 Å². The molecule has 2 heterocycles. The number of benzene rings is 2. The number of carbonyl (C=O) groups excluding carboxylic acids is 2. The first-order chi connectivity index (χ1) is 15.5. The lowest BCUT2D eigenvalue weighted by Gasteiger charge is -2.14. The summed E-state index contributed by atoms with van der Waals surface area (Å²) in [6, 6.07) is 17.2. The van der Waals surface area contributed by atoms with Gasteiger partial charge in [-0.15, -0.1) is 11.3 Å². The SMILES string of the molecule is CCOc1ccc(-n2c(SC(C)C(=O)Nc3sccc3C(N)=O)nc3ccccc32)cc1. The number of primary amides is 1. The lowest BCUT2D eigenvalue weighted by atomic mass is 10.2. The number of carbonyl (C=O) groups is 2. The van der Waals surface area contributed by atoms with Crippen molar-refractivity contribution in [3.8, 4) is 11.4 Å². The maximum atomic E-state index is 12.8. The van der Waals surface area contributed by atoms with Crippen LogP contribution in [-0.4, -0.2) is 33.2 Å². The summed E-state index contributed by atoms with van der Waals surface area (Å²) >= 11 is 2.61. The highest BCUT2D eigenvalue weighted by Crippen LogP contribution is 2.32. The van der Waals surface area contributed by atoms with E-state index in [1.54, 1.807) is 18.4 Å². The van der Waals surface area contributed by atoms with E-state index in [9.17, 15) is 9.59 Å². The van der Waals surface area contributed by atoms with E-state index < -0.39 is 11.2 Å². The largest absolute Gasteiger partial charge is 0.494 e. The van der Waals surface area contributed by atoms with E-state index in [1.165, 1.54) is 23.1 Å². The highest BCUT2D eigenvalue weighted by Gasteiger charge is 2.22. The van der Waals surface area contributed by atoms with Crippen molar-refractivity contribution in [2.45, 2.75) is 24.3 Å². The van der Waals surface area contributed by atoms with Crippen molar-refractivity contribution in [2.75, 3.05) is 11.9 Å². The summed E-state index contributed by atoms with van der Waals surface area (Å²) in [4.78, 5) is 29.1. The molecular weight excluding hydrogens is 444 g/mol. The zero-order valence-corrected chi connectivity index (χ0v) is 19.2. The van der Waals surface area contributed by atoms with Crippen LogP contribution >= 0.6 is 23.1 Å². The van der Waals surface area contributed by atoms with E-state index in [0.717, 1.165) is 22.5 Å². The molecule has 0 aliphatic heterocycles. The number of aromatic nitrogens is 2. The van der Waals surface area contributed by atoms with Crippen LogP contribution in [0.3, 0.4) is 0 Å². The molecule has 4 rings (SSSR count). The molecule has 1 atom stereocenters. The fourth-order valence-corrected chi connectivity index (χ4v) is 4.95. The highest BCUT2D eigenvalue weighted by atomic mass is 32.2. The third-order valence-electron chi connectivity index (χ3n) is 4.75. The molecule has 32 heavy (non-hydrogen) atoms. The molecular formula is C23H22N4O3S2. The van der Waals surface area contributed by atoms with Crippen molar-refractivity contribution in [1.82, 2.24) is 9.55 Å². The summed E-state index contributed by atoms with van der Waals surface area (Å²) in [6.07, 6.45) is 0. The first kappa shape index (κ1) is 21.9. The second-order valence-electron chi connectivity index (χ2n) is 6.92. The van der Waals surface area contributed by atoms with E-state index in [-0.39, 0.29) is 5.91 Å². The van der Waals surface area contributed by atoms with Crippen molar-refractivity contribution in [3.63, 3.8) is 0 Å². The number of rotatable bonds is 8. The topological polar surface area (TPSA) is 99.2 Å². The van der Waals surface area contributed by atoms with Gasteiger partial charge < -0.3 is 15.8 Å². The van der Waals surface area contributed by atoms with Gasteiger partial charge in [-0.1, -0.05) is 23.9 Å². The number of imidazole rings is 1. The Labute approximate surface area is 193 Å². The zero-order valence-electron chi connectivity index (χ0n) is 17.6. The normalized spacial score (nSPS) is 11.9. The maximum Gasteiger partial charge on any atom is 0.251 e. The first-order valence-electron chi connectivity index (χ1n) is 10.0. The zero-order chi connectivity index (χ0) is 22.7. The van der Waals surface area contributed by atoms with Crippen molar-refractivity contribution in [3.05, 3.63) is 65.5 Å². The minimum Gasteiger partial charge on any atom is -0.494 e. The van der Waals surface area contributed by atoms with Gasteiger partial charge in [0, 0.05) is 5.69 Å². The van der Waals surface area contributed by atoms with Gasteiger partial charge in [0.2, 0.25) is 5.91 Å². The number of para-hydroxylation sites is 2. The smallest absolute Gasteiger partial charge is 0.251 e. The summed E-state index contributed by atoms with van der Waals surface area (Å²) in [5, 5.41) is 5.22. The predicted molar refractivity (Wildman–Crippen MR) is 129 cm³/mol. The van der Waals surface area contributed by atoms with Gasteiger partial charge in [-0.25, -0.2) is 4.98 Å². The van der Waals surface area contributed by atoms with Gasteiger partial charge in [-0.3, -0.25) is 14.2 Å². The van der Waals surface area contributed by atoms with Gasteiger partial charge in [0.15, 0.2) is 5.16 Å². The molecule has 2 aromatic heterocycles. The molecule has 2 aromatic carbocycles. The second-order valence-corrected chi connectivity index (χ2v) is 9.15. The van der Waals surface area contributed by atoms with Gasteiger partial charge in [-0.2, -0.15) is 0 Å². The molecule has 0 spiro atoms. The van der Waals surface area contributed by atoms with E-state index in [0.29, 0.717) is 22.3 Å². The Morgan fingerprint density at radius 3 is 2.66 bits per heavy atom. The third-order valence-corrected chi connectivity index (χ3v) is 6.64. The molecule has 7 nitrogen and oxygen atoms in total. The summed E-state index contributed by atoms with van der Waals surface area (Å²) in [6.45, 7) is 4.35. The summed E-state index contributed by atoms with van der Waals surface area (Å²) in [5.74, 6) is -0.00628. The fourth-order valence-electron chi connectivity index (χ4n) is 3.22. The molecule has 0 aliphatic rings. The minimum absolute atomic E-state index is 0.231. The van der Waals surface area contributed by atoms with E-state index in [4.69, 9.17) is 15.5 Å². The minimum atomic E-state index is -0.570. The Hall–Kier alpha value is -3.30. The maximum absolute atomic E-state index is 12.8. The van der Waals surface area contributed by atoms with E-state index in [2.05, 4.69) is 5.32 Å². The number of ether oxygens (including phenoxy) is 1.